The zero-order valence-corrected chi connectivity index (χ0v) is 12.4. The summed E-state index contributed by atoms with van der Waals surface area (Å²) >= 11 is 0. The van der Waals surface area contributed by atoms with Crippen molar-refractivity contribution in [3.63, 3.8) is 0 Å². The number of amides is 3. The van der Waals surface area contributed by atoms with Crippen molar-refractivity contribution in [3.05, 3.63) is 24.2 Å². The van der Waals surface area contributed by atoms with E-state index < -0.39 is 6.04 Å². The number of furan rings is 1. The first-order valence-electron chi connectivity index (χ1n) is 7.52. The van der Waals surface area contributed by atoms with Crippen molar-refractivity contribution in [1.82, 2.24) is 16.0 Å². The van der Waals surface area contributed by atoms with Crippen LogP contribution in [0.25, 0.3) is 0 Å². The second-order valence-corrected chi connectivity index (χ2v) is 5.47. The van der Waals surface area contributed by atoms with Crippen LogP contribution in [0, 0.1) is 0 Å². The van der Waals surface area contributed by atoms with Crippen molar-refractivity contribution in [1.29, 1.82) is 0 Å². The van der Waals surface area contributed by atoms with Gasteiger partial charge in [0, 0.05) is 6.04 Å². The van der Waals surface area contributed by atoms with Gasteiger partial charge in [-0.15, -0.1) is 0 Å². The van der Waals surface area contributed by atoms with Crippen molar-refractivity contribution < 1.29 is 14.0 Å². The molecule has 0 aliphatic heterocycles. The smallest absolute Gasteiger partial charge is 0.315 e. The highest BCUT2D eigenvalue weighted by Crippen LogP contribution is 2.17. The number of nitrogens with one attached hydrogen (secondary N) is 3. The van der Waals surface area contributed by atoms with Gasteiger partial charge in [0.15, 0.2) is 0 Å². The second-order valence-electron chi connectivity index (χ2n) is 5.47. The van der Waals surface area contributed by atoms with Gasteiger partial charge in [0.05, 0.1) is 12.8 Å². The van der Waals surface area contributed by atoms with Gasteiger partial charge in [0.25, 0.3) is 0 Å². The van der Waals surface area contributed by atoms with Gasteiger partial charge in [-0.25, -0.2) is 4.79 Å². The highest BCUT2D eigenvalue weighted by atomic mass is 16.3. The van der Waals surface area contributed by atoms with Gasteiger partial charge >= 0.3 is 6.03 Å². The van der Waals surface area contributed by atoms with Crippen LogP contribution in [-0.2, 0) is 11.3 Å². The summed E-state index contributed by atoms with van der Waals surface area (Å²) < 4.78 is 5.13. The first-order chi connectivity index (χ1) is 10.1. The second kappa shape index (κ2) is 7.71. The Kier molecular flexibility index (Phi) is 5.66. The molecule has 1 heterocycles. The topological polar surface area (TPSA) is 83.4 Å². The molecule has 1 fully saturated rings. The van der Waals surface area contributed by atoms with Gasteiger partial charge in [0.1, 0.15) is 11.8 Å². The maximum absolute atomic E-state index is 11.9. The molecule has 3 N–H and O–H groups in total. The Balaban J connectivity index is 1.68. The summed E-state index contributed by atoms with van der Waals surface area (Å²) in [7, 11) is 0. The van der Waals surface area contributed by atoms with Gasteiger partial charge in [0.2, 0.25) is 5.91 Å². The fourth-order valence-corrected chi connectivity index (χ4v) is 2.48. The van der Waals surface area contributed by atoms with Crippen LogP contribution in [0.5, 0.6) is 0 Å². The molecule has 6 nitrogen and oxygen atoms in total. The summed E-state index contributed by atoms with van der Waals surface area (Å²) in [6.07, 6.45) is 7.15. The molecule has 0 radical (unpaired) electrons. The average molecular weight is 293 g/mol. The molecule has 3 amide bonds. The summed E-state index contributed by atoms with van der Waals surface area (Å²) in [5, 5.41) is 8.31. The van der Waals surface area contributed by atoms with E-state index in [1.807, 2.05) is 0 Å². The van der Waals surface area contributed by atoms with Gasteiger partial charge in [-0.2, -0.15) is 0 Å². The van der Waals surface area contributed by atoms with Crippen molar-refractivity contribution in [2.75, 3.05) is 0 Å². The predicted molar refractivity (Wildman–Crippen MR) is 78.6 cm³/mol. The number of hydrogen-bond acceptors (Lipinski definition) is 3. The Bertz CT molecular complexity index is 453. The Labute approximate surface area is 124 Å². The first kappa shape index (κ1) is 15.4. The van der Waals surface area contributed by atoms with Gasteiger partial charge in [-0.1, -0.05) is 19.3 Å². The van der Waals surface area contributed by atoms with Crippen molar-refractivity contribution in [3.8, 4) is 0 Å². The van der Waals surface area contributed by atoms with E-state index >= 15 is 0 Å². The van der Waals surface area contributed by atoms with Crippen LogP contribution in [0.1, 0.15) is 44.8 Å². The monoisotopic (exact) mass is 293 g/mol. The summed E-state index contributed by atoms with van der Waals surface area (Å²) in [5.41, 5.74) is 0. The van der Waals surface area contributed by atoms with E-state index in [0.717, 1.165) is 25.7 Å². The number of carbonyl (C=O) groups is 2. The van der Waals surface area contributed by atoms with Crippen LogP contribution < -0.4 is 16.0 Å². The standard InChI is InChI=1S/C15H23N3O3/c1-11(14(19)16-10-13-8-5-9-21-13)17-15(20)18-12-6-3-2-4-7-12/h5,8-9,11-12H,2-4,6-7,10H2,1H3,(H,16,19)(H2,17,18,20)/t11-/m1/s1. The average Bonchev–Trinajstić information content (AvgIpc) is 2.98. The Morgan fingerprint density at radius 2 is 2.10 bits per heavy atom. The molecule has 0 unspecified atom stereocenters. The third-order valence-corrected chi connectivity index (χ3v) is 3.70. The van der Waals surface area contributed by atoms with Crippen molar-refractivity contribution >= 4 is 11.9 Å². The quantitative estimate of drug-likeness (QED) is 0.775. The highest BCUT2D eigenvalue weighted by molar-refractivity contribution is 5.86. The normalized spacial score (nSPS) is 17.0. The van der Waals surface area contributed by atoms with Gasteiger partial charge in [-0.3, -0.25) is 4.79 Å². The third kappa shape index (κ3) is 5.13. The van der Waals surface area contributed by atoms with Gasteiger partial charge in [-0.05, 0) is 31.9 Å². The Morgan fingerprint density at radius 1 is 1.33 bits per heavy atom. The van der Waals surface area contributed by atoms with Crippen LogP contribution in [0.2, 0.25) is 0 Å². The van der Waals surface area contributed by atoms with E-state index in [9.17, 15) is 9.59 Å². The lowest BCUT2D eigenvalue weighted by Gasteiger charge is -2.23. The zero-order valence-electron chi connectivity index (χ0n) is 12.4. The Hall–Kier alpha value is -1.98. The Morgan fingerprint density at radius 3 is 2.76 bits per heavy atom. The van der Waals surface area contributed by atoms with E-state index in [1.54, 1.807) is 25.3 Å². The van der Waals surface area contributed by atoms with E-state index in [-0.39, 0.29) is 18.0 Å². The van der Waals surface area contributed by atoms with Crippen LogP contribution >= 0.6 is 0 Å². The molecular formula is C15H23N3O3. The molecule has 1 atom stereocenters. The minimum Gasteiger partial charge on any atom is -0.467 e. The van der Waals surface area contributed by atoms with E-state index in [4.69, 9.17) is 4.42 Å². The van der Waals surface area contributed by atoms with Crippen molar-refractivity contribution in [2.24, 2.45) is 0 Å². The largest absolute Gasteiger partial charge is 0.467 e. The molecule has 116 valence electrons. The summed E-state index contributed by atoms with van der Waals surface area (Å²) in [6, 6.07) is 2.93. The van der Waals surface area contributed by atoms with E-state index in [1.165, 1.54) is 6.42 Å². The molecule has 0 spiro atoms. The fraction of sp³-hybridized carbons (Fsp3) is 0.600. The van der Waals surface area contributed by atoms with Crippen molar-refractivity contribution in [2.45, 2.75) is 57.7 Å². The molecule has 1 aromatic rings. The molecule has 1 aliphatic rings. The molecule has 1 saturated carbocycles. The lowest BCUT2D eigenvalue weighted by molar-refractivity contribution is -0.122. The molecule has 1 aliphatic carbocycles. The van der Waals surface area contributed by atoms with Crippen LogP contribution in [0.15, 0.2) is 22.8 Å². The third-order valence-electron chi connectivity index (χ3n) is 3.70. The van der Waals surface area contributed by atoms with E-state index in [2.05, 4.69) is 16.0 Å². The lowest BCUT2D eigenvalue weighted by atomic mass is 9.96. The predicted octanol–water partition coefficient (Wildman–Crippen LogP) is 1.92. The fourth-order valence-electron chi connectivity index (χ4n) is 2.48. The summed E-state index contributed by atoms with van der Waals surface area (Å²) in [5.74, 6) is 0.451. The minimum absolute atomic E-state index is 0.231. The zero-order chi connectivity index (χ0) is 15.1. The molecular weight excluding hydrogens is 270 g/mol. The minimum atomic E-state index is -0.580. The van der Waals surface area contributed by atoms with Gasteiger partial charge < -0.3 is 20.4 Å². The highest BCUT2D eigenvalue weighted by Gasteiger charge is 2.19. The lowest BCUT2D eigenvalue weighted by Crippen LogP contribution is -2.50. The molecule has 6 heteroatoms. The SMILES string of the molecule is C[C@@H](NC(=O)NC1CCCCC1)C(=O)NCc1ccco1. The number of hydrogen-bond donors (Lipinski definition) is 3. The molecule has 0 saturated heterocycles. The maximum Gasteiger partial charge on any atom is 0.315 e. The first-order valence-corrected chi connectivity index (χ1v) is 7.52. The molecule has 0 bridgehead atoms. The number of rotatable bonds is 5. The maximum atomic E-state index is 11.9. The summed E-state index contributed by atoms with van der Waals surface area (Å²) in [4.78, 5) is 23.7. The van der Waals surface area contributed by atoms with E-state index in [0.29, 0.717) is 12.3 Å². The molecule has 0 aromatic carbocycles. The molecule has 2 rings (SSSR count). The molecule has 21 heavy (non-hydrogen) atoms. The van der Waals surface area contributed by atoms with Crippen LogP contribution in [0.4, 0.5) is 4.79 Å². The van der Waals surface area contributed by atoms with Crippen LogP contribution in [0.3, 0.4) is 0 Å². The van der Waals surface area contributed by atoms with Crippen LogP contribution in [-0.4, -0.2) is 24.0 Å². The molecule has 1 aromatic heterocycles. The summed E-state index contributed by atoms with van der Waals surface area (Å²) in [6.45, 7) is 1.99. The number of carbonyl (C=O) groups excluding carboxylic acids is 2. The number of urea groups is 1.